The van der Waals surface area contributed by atoms with Crippen LogP contribution in [0.15, 0.2) is 24.5 Å². The van der Waals surface area contributed by atoms with Gasteiger partial charge in [0, 0.05) is 25.0 Å². The van der Waals surface area contributed by atoms with E-state index >= 15 is 0 Å². The van der Waals surface area contributed by atoms with E-state index in [9.17, 15) is 9.90 Å². The normalized spacial score (nSPS) is 24.1. The van der Waals surface area contributed by atoms with Gasteiger partial charge in [-0.25, -0.2) is 0 Å². The molecule has 0 radical (unpaired) electrons. The van der Waals surface area contributed by atoms with Gasteiger partial charge in [0.2, 0.25) is 0 Å². The van der Waals surface area contributed by atoms with Crippen molar-refractivity contribution in [2.24, 2.45) is 5.92 Å². The van der Waals surface area contributed by atoms with Crippen molar-refractivity contribution in [1.29, 1.82) is 0 Å². The predicted octanol–water partition coefficient (Wildman–Crippen LogP) is 2.16. The highest BCUT2D eigenvalue weighted by Crippen LogP contribution is 2.28. The van der Waals surface area contributed by atoms with Crippen molar-refractivity contribution in [2.45, 2.75) is 38.3 Å². The maximum atomic E-state index is 11.3. The van der Waals surface area contributed by atoms with Crippen molar-refractivity contribution in [3.63, 3.8) is 0 Å². The standard InChI is InChI=1S/C14H20N2O2/c1-16(10-11-6-8-15-9-7-11)13-5-3-2-4-12(13)14(17)18/h6-9,12-13H,2-5,10H2,1H3,(H,17,18). The summed E-state index contributed by atoms with van der Waals surface area (Å²) >= 11 is 0. The zero-order valence-electron chi connectivity index (χ0n) is 10.7. The van der Waals surface area contributed by atoms with Crippen LogP contribution in [0.4, 0.5) is 0 Å². The first-order valence-corrected chi connectivity index (χ1v) is 6.50. The van der Waals surface area contributed by atoms with E-state index in [2.05, 4.69) is 9.88 Å². The number of aliphatic carboxylic acids is 1. The Hall–Kier alpha value is -1.42. The van der Waals surface area contributed by atoms with Crippen LogP contribution in [0.5, 0.6) is 0 Å². The number of hydrogen-bond acceptors (Lipinski definition) is 3. The Morgan fingerprint density at radius 2 is 2.06 bits per heavy atom. The molecule has 0 aliphatic heterocycles. The van der Waals surface area contributed by atoms with Crippen LogP contribution in [-0.2, 0) is 11.3 Å². The lowest BCUT2D eigenvalue weighted by molar-refractivity contribution is -0.145. The van der Waals surface area contributed by atoms with E-state index in [1.165, 1.54) is 5.56 Å². The van der Waals surface area contributed by atoms with E-state index in [-0.39, 0.29) is 12.0 Å². The Kier molecular flexibility index (Phi) is 4.31. The third-order valence-electron chi connectivity index (χ3n) is 3.79. The fourth-order valence-electron chi connectivity index (χ4n) is 2.82. The van der Waals surface area contributed by atoms with Crippen LogP contribution in [0, 0.1) is 5.92 Å². The first kappa shape index (κ1) is 13.0. The molecule has 1 aliphatic carbocycles. The van der Waals surface area contributed by atoms with Crippen LogP contribution in [0.3, 0.4) is 0 Å². The SMILES string of the molecule is CN(Cc1ccncc1)C1CCCCC1C(=O)O. The van der Waals surface area contributed by atoms with Crippen LogP contribution in [-0.4, -0.2) is 34.0 Å². The Bertz CT molecular complexity index is 394. The maximum absolute atomic E-state index is 11.3. The van der Waals surface area contributed by atoms with Crippen molar-refractivity contribution in [3.8, 4) is 0 Å². The largest absolute Gasteiger partial charge is 0.481 e. The molecule has 1 saturated carbocycles. The molecule has 2 atom stereocenters. The smallest absolute Gasteiger partial charge is 0.308 e. The number of carboxylic acids is 1. The summed E-state index contributed by atoms with van der Waals surface area (Å²) in [5.74, 6) is -0.869. The van der Waals surface area contributed by atoms with E-state index in [0.29, 0.717) is 0 Å². The molecule has 1 aliphatic rings. The third-order valence-corrected chi connectivity index (χ3v) is 3.79. The molecule has 0 spiro atoms. The molecule has 0 saturated heterocycles. The van der Waals surface area contributed by atoms with Gasteiger partial charge in [-0.1, -0.05) is 12.8 Å². The quantitative estimate of drug-likeness (QED) is 0.887. The molecule has 4 heteroatoms. The van der Waals surface area contributed by atoms with Gasteiger partial charge in [-0.2, -0.15) is 0 Å². The van der Waals surface area contributed by atoms with Gasteiger partial charge >= 0.3 is 5.97 Å². The van der Waals surface area contributed by atoms with E-state index in [1.54, 1.807) is 12.4 Å². The zero-order valence-corrected chi connectivity index (χ0v) is 10.7. The van der Waals surface area contributed by atoms with Gasteiger partial charge in [-0.05, 0) is 37.6 Å². The minimum Gasteiger partial charge on any atom is -0.481 e. The predicted molar refractivity (Wildman–Crippen MR) is 69.1 cm³/mol. The number of hydrogen-bond donors (Lipinski definition) is 1. The summed E-state index contributed by atoms with van der Waals surface area (Å²) in [5.41, 5.74) is 1.18. The number of aromatic nitrogens is 1. The molecule has 98 valence electrons. The summed E-state index contributed by atoms with van der Waals surface area (Å²) in [6.07, 6.45) is 7.52. The average Bonchev–Trinajstić information content (AvgIpc) is 2.40. The second-order valence-corrected chi connectivity index (χ2v) is 5.07. The molecule has 2 unspecified atom stereocenters. The van der Waals surface area contributed by atoms with Gasteiger partial charge in [0.1, 0.15) is 0 Å². The van der Waals surface area contributed by atoms with Crippen molar-refractivity contribution in [1.82, 2.24) is 9.88 Å². The van der Waals surface area contributed by atoms with Gasteiger partial charge in [-0.15, -0.1) is 0 Å². The fraction of sp³-hybridized carbons (Fsp3) is 0.571. The lowest BCUT2D eigenvalue weighted by Crippen LogP contribution is -2.43. The highest BCUT2D eigenvalue weighted by Gasteiger charge is 2.33. The summed E-state index contributed by atoms with van der Waals surface area (Å²) in [4.78, 5) is 17.5. The first-order chi connectivity index (χ1) is 8.68. The van der Waals surface area contributed by atoms with E-state index in [1.807, 2.05) is 19.2 Å². The minimum atomic E-state index is -0.652. The molecule has 1 aromatic rings. The first-order valence-electron chi connectivity index (χ1n) is 6.50. The van der Waals surface area contributed by atoms with Crippen LogP contribution in [0.25, 0.3) is 0 Å². The Morgan fingerprint density at radius 3 is 2.72 bits per heavy atom. The summed E-state index contributed by atoms with van der Waals surface area (Å²) in [6.45, 7) is 0.789. The Balaban J connectivity index is 2.02. The number of pyridine rings is 1. The molecule has 0 bridgehead atoms. The van der Waals surface area contributed by atoms with Gasteiger partial charge in [0.25, 0.3) is 0 Å². The molecular formula is C14H20N2O2. The molecule has 1 heterocycles. The van der Waals surface area contributed by atoms with Crippen molar-refractivity contribution in [3.05, 3.63) is 30.1 Å². The molecule has 1 N–H and O–H groups in total. The molecule has 0 amide bonds. The monoisotopic (exact) mass is 248 g/mol. The molecule has 2 rings (SSSR count). The fourth-order valence-corrected chi connectivity index (χ4v) is 2.82. The van der Waals surface area contributed by atoms with Gasteiger partial charge in [0.15, 0.2) is 0 Å². The number of nitrogens with zero attached hydrogens (tertiary/aromatic N) is 2. The van der Waals surface area contributed by atoms with Crippen molar-refractivity contribution < 1.29 is 9.90 Å². The van der Waals surface area contributed by atoms with Gasteiger partial charge in [-0.3, -0.25) is 14.7 Å². The van der Waals surface area contributed by atoms with Crippen LogP contribution >= 0.6 is 0 Å². The molecular weight excluding hydrogens is 228 g/mol. The summed E-state index contributed by atoms with van der Waals surface area (Å²) in [6, 6.07) is 4.12. The molecule has 1 fully saturated rings. The third kappa shape index (κ3) is 3.07. The van der Waals surface area contributed by atoms with E-state index in [4.69, 9.17) is 0 Å². The summed E-state index contributed by atoms with van der Waals surface area (Å²) in [5, 5.41) is 9.29. The van der Waals surface area contributed by atoms with Crippen LogP contribution in [0.1, 0.15) is 31.2 Å². The number of rotatable bonds is 4. The second kappa shape index (κ2) is 5.96. The topological polar surface area (TPSA) is 53.4 Å². The zero-order chi connectivity index (χ0) is 13.0. The lowest BCUT2D eigenvalue weighted by atomic mass is 9.83. The highest BCUT2D eigenvalue weighted by molar-refractivity contribution is 5.71. The summed E-state index contributed by atoms with van der Waals surface area (Å²) < 4.78 is 0. The molecule has 4 nitrogen and oxygen atoms in total. The lowest BCUT2D eigenvalue weighted by Gasteiger charge is -2.35. The number of carbonyl (C=O) groups is 1. The average molecular weight is 248 g/mol. The summed E-state index contributed by atoms with van der Waals surface area (Å²) in [7, 11) is 2.02. The van der Waals surface area contributed by atoms with Crippen LogP contribution < -0.4 is 0 Å². The van der Waals surface area contributed by atoms with Gasteiger partial charge in [0.05, 0.1) is 5.92 Å². The van der Waals surface area contributed by atoms with Gasteiger partial charge < -0.3 is 5.11 Å². The van der Waals surface area contributed by atoms with E-state index in [0.717, 1.165) is 32.2 Å². The molecule has 1 aromatic heterocycles. The van der Waals surface area contributed by atoms with Crippen LogP contribution in [0.2, 0.25) is 0 Å². The second-order valence-electron chi connectivity index (χ2n) is 5.07. The number of carboxylic acid groups (broad SMARTS) is 1. The Morgan fingerprint density at radius 1 is 1.39 bits per heavy atom. The van der Waals surface area contributed by atoms with E-state index < -0.39 is 5.97 Å². The maximum Gasteiger partial charge on any atom is 0.308 e. The highest BCUT2D eigenvalue weighted by atomic mass is 16.4. The molecule has 0 aromatic carbocycles. The van der Waals surface area contributed by atoms with Crippen molar-refractivity contribution >= 4 is 5.97 Å². The minimum absolute atomic E-state index is 0.157. The molecule has 18 heavy (non-hydrogen) atoms. The Labute approximate surface area is 108 Å². The van der Waals surface area contributed by atoms with Crippen molar-refractivity contribution in [2.75, 3.05) is 7.05 Å².